The molecule has 1 atom stereocenters. The number of Topliss-reactive ketones (excluding diaryl/α,β-unsaturated/α-hetero) is 1. The van der Waals surface area contributed by atoms with Crippen molar-refractivity contribution < 1.29 is 29.0 Å². The topological polar surface area (TPSA) is 108 Å². The minimum Gasteiger partial charge on any atom is -0.503 e. The zero-order chi connectivity index (χ0) is 19.7. The van der Waals surface area contributed by atoms with Crippen molar-refractivity contribution in [1.82, 2.24) is 4.90 Å². The predicted molar refractivity (Wildman–Crippen MR) is 94.9 cm³/mol. The van der Waals surface area contributed by atoms with E-state index in [1.54, 1.807) is 38.1 Å². The van der Waals surface area contributed by atoms with Crippen molar-refractivity contribution in [3.8, 4) is 0 Å². The molecule has 27 heavy (non-hydrogen) atoms. The maximum absolute atomic E-state index is 12.7. The van der Waals surface area contributed by atoms with Gasteiger partial charge < -0.3 is 19.5 Å². The molecule has 1 aliphatic heterocycles. The summed E-state index contributed by atoms with van der Waals surface area (Å²) in [4.78, 5) is 37.6. The number of benzene rings is 1. The molecule has 0 fully saturated rings. The van der Waals surface area contributed by atoms with Crippen LogP contribution < -0.4 is 0 Å². The van der Waals surface area contributed by atoms with Crippen molar-refractivity contribution in [2.24, 2.45) is 5.92 Å². The highest BCUT2D eigenvalue weighted by Gasteiger charge is 2.45. The van der Waals surface area contributed by atoms with Crippen molar-refractivity contribution >= 4 is 17.7 Å². The monoisotopic (exact) mass is 369 g/mol. The number of nitrogens with zero attached hydrogens (tertiary/aromatic N) is 1. The van der Waals surface area contributed by atoms with Gasteiger partial charge in [-0.05, 0) is 29.8 Å². The zero-order valence-electron chi connectivity index (χ0n) is 14.9. The van der Waals surface area contributed by atoms with E-state index < -0.39 is 29.6 Å². The van der Waals surface area contributed by atoms with E-state index in [1.807, 2.05) is 0 Å². The Balaban J connectivity index is 1.98. The normalized spacial score (nSPS) is 17.1. The third-order valence-corrected chi connectivity index (χ3v) is 4.46. The number of hydrogen-bond acceptors (Lipinski definition) is 5. The van der Waals surface area contributed by atoms with E-state index in [-0.39, 0.29) is 23.5 Å². The third kappa shape index (κ3) is 3.36. The molecule has 7 nitrogen and oxygen atoms in total. The second-order valence-corrected chi connectivity index (χ2v) is 6.63. The smallest absolute Gasteiger partial charge is 0.335 e. The Morgan fingerprint density at radius 3 is 2.37 bits per heavy atom. The first-order chi connectivity index (χ1) is 12.8. The summed E-state index contributed by atoms with van der Waals surface area (Å²) in [5, 5.41) is 19.4. The molecule has 0 aliphatic carbocycles. The van der Waals surface area contributed by atoms with Crippen LogP contribution in [0.3, 0.4) is 0 Å². The van der Waals surface area contributed by atoms with Crippen molar-refractivity contribution in [2.75, 3.05) is 0 Å². The number of aromatic carboxylic acids is 1. The molecule has 0 radical (unpaired) electrons. The molecule has 2 aromatic rings. The molecule has 7 heteroatoms. The van der Waals surface area contributed by atoms with Gasteiger partial charge in [-0.15, -0.1) is 0 Å². The summed E-state index contributed by atoms with van der Waals surface area (Å²) in [5.74, 6) is -2.64. The molecule has 1 aliphatic rings. The van der Waals surface area contributed by atoms with E-state index in [0.717, 1.165) is 0 Å². The average Bonchev–Trinajstić information content (AvgIpc) is 3.24. The molecule has 1 amide bonds. The van der Waals surface area contributed by atoms with Crippen molar-refractivity contribution in [3.63, 3.8) is 0 Å². The van der Waals surface area contributed by atoms with Crippen molar-refractivity contribution in [1.29, 1.82) is 0 Å². The van der Waals surface area contributed by atoms with Gasteiger partial charge >= 0.3 is 5.97 Å². The van der Waals surface area contributed by atoms with Crippen LogP contribution in [0.2, 0.25) is 0 Å². The van der Waals surface area contributed by atoms with Crippen LogP contribution in [0.1, 0.15) is 41.6 Å². The lowest BCUT2D eigenvalue weighted by Crippen LogP contribution is -2.31. The molecular weight excluding hydrogens is 350 g/mol. The fraction of sp³-hybridized carbons (Fsp3) is 0.250. The first-order valence-electron chi connectivity index (χ1n) is 8.45. The molecule has 2 heterocycles. The second kappa shape index (κ2) is 7.11. The van der Waals surface area contributed by atoms with Crippen LogP contribution in [-0.2, 0) is 16.1 Å². The quantitative estimate of drug-likeness (QED) is 0.810. The molecule has 1 aromatic heterocycles. The Morgan fingerprint density at radius 1 is 1.19 bits per heavy atom. The Bertz CT molecular complexity index is 908. The minimum atomic E-state index is -1.05. The second-order valence-electron chi connectivity index (χ2n) is 6.63. The number of hydrogen-bond donors (Lipinski definition) is 2. The highest BCUT2D eigenvalue weighted by molar-refractivity contribution is 6.09. The number of furan rings is 1. The largest absolute Gasteiger partial charge is 0.503 e. The minimum absolute atomic E-state index is 0.0205. The van der Waals surface area contributed by atoms with Gasteiger partial charge in [0.2, 0.25) is 0 Å². The molecular formula is C20H19NO6. The van der Waals surface area contributed by atoms with Gasteiger partial charge in [-0.1, -0.05) is 26.0 Å². The van der Waals surface area contributed by atoms with E-state index in [9.17, 15) is 19.5 Å². The summed E-state index contributed by atoms with van der Waals surface area (Å²) in [6.07, 6.45) is 1.44. The maximum atomic E-state index is 12.7. The fourth-order valence-electron chi connectivity index (χ4n) is 3.07. The molecule has 1 unspecified atom stereocenters. The summed E-state index contributed by atoms with van der Waals surface area (Å²) in [6, 6.07) is 8.52. The molecule has 0 bridgehead atoms. The number of rotatable bonds is 6. The highest BCUT2D eigenvalue weighted by Crippen LogP contribution is 2.39. The predicted octanol–water partition coefficient (Wildman–Crippen LogP) is 3.10. The number of amides is 1. The average molecular weight is 369 g/mol. The molecule has 1 aromatic carbocycles. The van der Waals surface area contributed by atoms with E-state index in [4.69, 9.17) is 9.52 Å². The number of aliphatic hydroxyl groups excluding tert-OH is 1. The Kier molecular flexibility index (Phi) is 4.85. The van der Waals surface area contributed by atoms with Gasteiger partial charge in [-0.3, -0.25) is 9.59 Å². The number of carboxylic acids is 1. The van der Waals surface area contributed by atoms with Gasteiger partial charge in [0.1, 0.15) is 11.8 Å². The molecule has 0 saturated heterocycles. The van der Waals surface area contributed by atoms with Crippen molar-refractivity contribution in [3.05, 3.63) is 70.9 Å². The lowest BCUT2D eigenvalue weighted by atomic mass is 9.94. The van der Waals surface area contributed by atoms with Gasteiger partial charge in [0, 0.05) is 12.5 Å². The zero-order valence-corrected chi connectivity index (χ0v) is 14.9. The van der Waals surface area contributed by atoms with Gasteiger partial charge in [-0.2, -0.15) is 0 Å². The summed E-state index contributed by atoms with van der Waals surface area (Å²) in [5.41, 5.74) is 0.814. The van der Waals surface area contributed by atoms with Gasteiger partial charge in [0.15, 0.2) is 11.5 Å². The Morgan fingerprint density at radius 2 is 1.85 bits per heavy atom. The molecule has 3 rings (SSSR count). The maximum Gasteiger partial charge on any atom is 0.335 e. The fourth-order valence-corrected chi connectivity index (χ4v) is 3.07. The summed E-state index contributed by atoms with van der Waals surface area (Å²) in [6.45, 7) is 3.47. The Labute approximate surface area is 155 Å². The van der Waals surface area contributed by atoms with Crippen LogP contribution in [0.5, 0.6) is 0 Å². The van der Waals surface area contributed by atoms with E-state index in [1.165, 1.54) is 23.3 Å². The molecule has 2 N–H and O–H groups in total. The van der Waals surface area contributed by atoms with Crippen LogP contribution >= 0.6 is 0 Å². The summed E-state index contributed by atoms with van der Waals surface area (Å²) >= 11 is 0. The lowest BCUT2D eigenvalue weighted by molar-refractivity contribution is -0.130. The lowest BCUT2D eigenvalue weighted by Gasteiger charge is -2.25. The first-order valence-corrected chi connectivity index (χ1v) is 8.45. The molecule has 0 spiro atoms. The third-order valence-electron chi connectivity index (χ3n) is 4.46. The van der Waals surface area contributed by atoms with E-state index >= 15 is 0 Å². The standard InChI is InChI=1S/C20H19NO6/c1-11(2)17(22)15-16(14-4-3-9-27-14)21(19(24)18(15)23)10-12-5-7-13(8-6-12)20(25)26/h3-9,11,16,23H,10H2,1-2H3,(H,25,26). The van der Waals surface area contributed by atoms with Crippen molar-refractivity contribution in [2.45, 2.75) is 26.4 Å². The van der Waals surface area contributed by atoms with Gasteiger partial charge in [-0.25, -0.2) is 4.79 Å². The molecule has 140 valence electrons. The molecule has 0 saturated carbocycles. The SMILES string of the molecule is CC(C)C(=O)C1=C(O)C(=O)N(Cc2ccc(C(=O)O)cc2)C1c1ccco1. The van der Waals surface area contributed by atoms with Crippen LogP contribution in [0.15, 0.2) is 58.4 Å². The van der Waals surface area contributed by atoms with Crippen LogP contribution in [0, 0.1) is 5.92 Å². The number of carbonyl (C=O) groups is 3. The van der Waals surface area contributed by atoms with Gasteiger partial charge in [0.25, 0.3) is 5.91 Å². The van der Waals surface area contributed by atoms with Crippen LogP contribution in [0.25, 0.3) is 0 Å². The van der Waals surface area contributed by atoms with E-state index in [0.29, 0.717) is 11.3 Å². The van der Waals surface area contributed by atoms with Gasteiger partial charge in [0.05, 0.1) is 17.4 Å². The van der Waals surface area contributed by atoms with Crippen LogP contribution in [0.4, 0.5) is 0 Å². The number of aliphatic hydroxyl groups is 1. The van der Waals surface area contributed by atoms with E-state index in [2.05, 4.69) is 0 Å². The number of carbonyl (C=O) groups excluding carboxylic acids is 2. The highest BCUT2D eigenvalue weighted by atomic mass is 16.4. The first kappa shape index (κ1) is 18.4. The number of carboxylic acid groups (broad SMARTS) is 1. The number of ketones is 1. The van der Waals surface area contributed by atoms with Crippen LogP contribution in [-0.4, -0.2) is 32.8 Å². The summed E-state index contributed by atoms with van der Waals surface area (Å²) in [7, 11) is 0. The summed E-state index contributed by atoms with van der Waals surface area (Å²) < 4.78 is 5.42. The Hall–Kier alpha value is -3.35.